The smallest absolute Gasteiger partial charge is 0.175 e. The Balaban J connectivity index is 1.22. The number of hydrogen-bond acceptors (Lipinski definition) is 5. The third-order valence-corrected chi connectivity index (χ3v) is 9.54. The zero-order valence-electron chi connectivity index (χ0n) is 27.1. The number of benzene rings is 4. The summed E-state index contributed by atoms with van der Waals surface area (Å²) in [4.78, 5) is 5.11. The van der Waals surface area contributed by atoms with Crippen molar-refractivity contribution in [2.45, 2.75) is 39.0 Å². The molecule has 7 nitrogen and oxygen atoms in total. The topological polar surface area (TPSA) is 79.0 Å². The van der Waals surface area contributed by atoms with Gasteiger partial charge in [-0.25, -0.2) is 18.1 Å². The molecule has 4 aromatic carbocycles. The Morgan fingerprint density at radius 3 is 2.32 bits per heavy atom. The fraction of sp³-hybridized carbons (Fsp3) is 0.179. The van der Waals surface area contributed by atoms with Gasteiger partial charge in [0.15, 0.2) is 9.84 Å². The molecule has 0 bridgehead atoms. The maximum atomic E-state index is 12.1. The quantitative estimate of drug-likeness (QED) is 0.166. The molecule has 0 aliphatic carbocycles. The highest BCUT2D eigenvalue weighted by Crippen LogP contribution is 2.36. The molecular formula is C39H36N4O3S. The molecule has 47 heavy (non-hydrogen) atoms. The van der Waals surface area contributed by atoms with Gasteiger partial charge in [0, 0.05) is 47.1 Å². The lowest BCUT2D eigenvalue weighted by atomic mass is 9.98. The fourth-order valence-electron chi connectivity index (χ4n) is 6.45. The van der Waals surface area contributed by atoms with Crippen molar-refractivity contribution >= 4 is 31.6 Å². The van der Waals surface area contributed by atoms with Crippen LogP contribution >= 0.6 is 0 Å². The third-order valence-electron chi connectivity index (χ3n) is 8.45. The van der Waals surface area contributed by atoms with E-state index in [0.717, 1.165) is 67.7 Å². The van der Waals surface area contributed by atoms with Gasteiger partial charge in [-0.2, -0.15) is 5.10 Å². The van der Waals surface area contributed by atoms with Crippen LogP contribution in [0.15, 0.2) is 114 Å². The summed E-state index contributed by atoms with van der Waals surface area (Å²) in [5, 5.41) is 6.93. The van der Waals surface area contributed by atoms with Gasteiger partial charge in [-0.1, -0.05) is 38.1 Å². The Morgan fingerprint density at radius 2 is 1.55 bits per heavy atom. The van der Waals surface area contributed by atoms with E-state index in [1.807, 2.05) is 61.3 Å². The molecule has 0 fully saturated rings. The number of aryl methyl sites for hydroxylation is 2. The largest absolute Gasteiger partial charge is 0.457 e. The molecule has 0 unspecified atom stereocenters. The van der Waals surface area contributed by atoms with Crippen LogP contribution in [0.25, 0.3) is 44.4 Å². The Labute approximate surface area is 275 Å². The first-order valence-electron chi connectivity index (χ1n) is 15.7. The molecule has 0 aliphatic heterocycles. The first-order chi connectivity index (χ1) is 22.5. The van der Waals surface area contributed by atoms with Gasteiger partial charge >= 0.3 is 0 Å². The van der Waals surface area contributed by atoms with Crippen LogP contribution in [0.4, 0.5) is 0 Å². The minimum Gasteiger partial charge on any atom is -0.457 e. The SMILES string of the molecule is Cc1cc(S(C)(=O)=O)cc(C)c1-c1cnn(-c2cccc(Oc3ccc4c5ccccc5n(-c5cc(CC(C)C)ccn5)c4c3)c2)c1. The number of sulfone groups is 1. The average molecular weight is 641 g/mol. The third kappa shape index (κ3) is 5.92. The Hall–Kier alpha value is -5.21. The lowest BCUT2D eigenvalue weighted by Crippen LogP contribution is -2.01. The van der Waals surface area contributed by atoms with Gasteiger partial charge in [0.05, 0.1) is 27.8 Å². The highest BCUT2D eigenvalue weighted by Gasteiger charge is 2.17. The Bertz CT molecular complexity index is 2380. The molecular weight excluding hydrogens is 605 g/mol. The van der Waals surface area contributed by atoms with Crippen molar-refractivity contribution in [2.75, 3.05) is 6.26 Å². The van der Waals surface area contributed by atoms with Crippen molar-refractivity contribution in [3.63, 3.8) is 0 Å². The summed E-state index contributed by atoms with van der Waals surface area (Å²) in [6.45, 7) is 8.32. The van der Waals surface area contributed by atoms with Crippen LogP contribution in [0.3, 0.4) is 0 Å². The van der Waals surface area contributed by atoms with Gasteiger partial charge in [-0.3, -0.25) is 4.57 Å². The summed E-state index contributed by atoms with van der Waals surface area (Å²) in [5.74, 6) is 2.84. The highest BCUT2D eigenvalue weighted by atomic mass is 32.2. The molecule has 7 aromatic rings. The monoisotopic (exact) mass is 640 g/mol. The van der Waals surface area contributed by atoms with Gasteiger partial charge in [0.2, 0.25) is 0 Å². The molecule has 0 radical (unpaired) electrons. The molecule has 0 amide bonds. The van der Waals surface area contributed by atoms with Crippen LogP contribution in [0.5, 0.6) is 11.5 Å². The molecule has 236 valence electrons. The van der Waals surface area contributed by atoms with E-state index in [1.54, 1.807) is 18.3 Å². The zero-order valence-corrected chi connectivity index (χ0v) is 27.9. The second-order valence-corrected chi connectivity index (χ2v) is 14.6. The van der Waals surface area contributed by atoms with E-state index < -0.39 is 9.84 Å². The molecule has 0 N–H and O–H groups in total. The minimum absolute atomic E-state index is 0.322. The van der Waals surface area contributed by atoms with E-state index >= 15 is 0 Å². The number of aromatic nitrogens is 4. The Morgan fingerprint density at radius 1 is 0.809 bits per heavy atom. The number of hydrogen-bond donors (Lipinski definition) is 0. The van der Waals surface area contributed by atoms with Crippen LogP contribution in [0, 0.1) is 19.8 Å². The molecule has 3 heterocycles. The van der Waals surface area contributed by atoms with Crippen molar-refractivity contribution in [2.24, 2.45) is 5.92 Å². The summed E-state index contributed by atoms with van der Waals surface area (Å²) in [6, 6.07) is 30.2. The summed E-state index contributed by atoms with van der Waals surface area (Å²) in [5.41, 5.74) is 7.89. The lowest BCUT2D eigenvalue weighted by Gasteiger charge is -2.12. The van der Waals surface area contributed by atoms with Crippen LogP contribution in [-0.4, -0.2) is 34.0 Å². The van der Waals surface area contributed by atoms with E-state index in [0.29, 0.717) is 16.6 Å². The molecule has 8 heteroatoms. The molecule has 0 aliphatic rings. The standard InChI is InChI=1S/C39H36N4O3S/c1-25(2)17-28-15-16-40-38(20-28)43-36-12-7-6-11-34(36)35-14-13-32(22-37(35)43)46-31-10-8-9-30(21-31)42-24-29(23-41-42)39-26(3)18-33(19-27(39)4)47(5,44)45/h6-16,18-25H,17H2,1-5H3. The van der Waals surface area contributed by atoms with Gasteiger partial charge in [-0.05, 0) is 103 Å². The minimum atomic E-state index is -3.30. The van der Waals surface area contributed by atoms with Crippen molar-refractivity contribution in [3.8, 4) is 34.1 Å². The average Bonchev–Trinajstić information content (AvgIpc) is 3.63. The number of pyridine rings is 1. The van der Waals surface area contributed by atoms with Gasteiger partial charge in [-0.15, -0.1) is 0 Å². The summed E-state index contributed by atoms with van der Waals surface area (Å²) in [7, 11) is -3.30. The predicted molar refractivity (Wildman–Crippen MR) is 189 cm³/mol. The van der Waals surface area contributed by atoms with Crippen LogP contribution in [0.1, 0.15) is 30.5 Å². The first kappa shape index (κ1) is 30.4. The second-order valence-electron chi connectivity index (χ2n) is 12.6. The van der Waals surface area contributed by atoms with E-state index in [1.165, 1.54) is 11.8 Å². The number of ether oxygens (including phenoxy) is 1. The second kappa shape index (κ2) is 11.9. The number of para-hydroxylation sites is 1. The molecule has 0 saturated carbocycles. The van der Waals surface area contributed by atoms with Crippen LogP contribution in [0.2, 0.25) is 0 Å². The fourth-order valence-corrected chi connectivity index (χ4v) is 7.24. The predicted octanol–water partition coefficient (Wildman–Crippen LogP) is 9.04. The van der Waals surface area contributed by atoms with Crippen molar-refractivity contribution in [3.05, 3.63) is 126 Å². The Kier molecular flexibility index (Phi) is 7.68. The van der Waals surface area contributed by atoms with Crippen molar-refractivity contribution in [1.82, 2.24) is 19.3 Å². The van der Waals surface area contributed by atoms with E-state index in [2.05, 4.69) is 72.0 Å². The maximum Gasteiger partial charge on any atom is 0.175 e. The van der Waals surface area contributed by atoms with E-state index in [4.69, 9.17) is 9.72 Å². The normalized spacial score (nSPS) is 12.0. The molecule has 0 saturated heterocycles. The van der Waals surface area contributed by atoms with Gasteiger partial charge in [0.25, 0.3) is 0 Å². The summed E-state index contributed by atoms with van der Waals surface area (Å²) in [6.07, 6.45) is 7.88. The van der Waals surface area contributed by atoms with Crippen LogP contribution < -0.4 is 4.74 Å². The van der Waals surface area contributed by atoms with Gasteiger partial charge in [0.1, 0.15) is 17.3 Å². The number of fused-ring (bicyclic) bond motifs is 3. The van der Waals surface area contributed by atoms with Gasteiger partial charge < -0.3 is 4.74 Å². The molecule has 7 rings (SSSR count). The van der Waals surface area contributed by atoms with Crippen LogP contribution in [-0.2, 0) is 16.3 Å². The van der Waals surface area contributed by atoms with E-state index in [9.17, 15) is 8.42 Å². The van der Waals surface area contributed by atoms with E-state index in [-0.39, 0.29) is 0 Å². The summed E-state index contributed by atoms with van der Waals surface area (Å²) >= 11 is 0. The number of nitrogens with zero attached hydrogens (tertiary/aromatic N) is 4. The molecule has 0 spiro atoms. The lowest BCUT2D eigenvalue weighted by molar-refractivity contribution is 0.483. The highest BCUT2D eigenvalue weighted by molar-refractivity contribution is 7.90. The first-order valence-corrected chi connectivity index (χ1v) is 17.6. The zero-order chi connectivity index (χ0) is 32.9. The summed E-state index contributed by atoms with van der Waals surface area (Å²) < 4.78 is 34.8. The van der Waals surface area contributed by atoms with Crippen molar-refractivity contribution in [1.29, 1.82) is 0 Å². The maximum absolute atomic E-state index is 12.1. The molecule has 0 atom stereocenters. The number of rotatable bonds is 8. The molecule has 3 aromatic heterocycles. The van der Waals surface area contributed by atoms with Crippen molar-refractivity contribution < 1.29 is 13.2 Å².